The molecule has 1 atom stereocenters. The number of carbonyl (C=O) groups excluding carboxylic acids is 2. The fraction of sp³-hybridized carbons (Fsp3) is 0.429. The topological polar surface area (TPSA) is 65.1 Å². The van der Waals surface area contributed by atoms with Crippen molar-refractivity contribution in [1.29, 1.82) is 0 Å². The number of hydrogen-bond acceptors (Lipinski definition) is 5. The standard InChI is InChI=1S/C28H35NO5S/c1-28(2,3)34-27(31)29-17-23(19-33-14-15-35-5)25(24(18-29)26(30)32-4)22-13-9-12-21(16-22)20-10-7-6-8-11-20/h6-13,16,23H,14-15,17-19H2,1-5H3/p+1. The Kier molecular flexibility index (Phi) is 9.40. The van der Waals surface area contributed by atoms with Crippen LogP contribution in [0.3, 0.4) is 0 Å². The number of amides is 1. The van der Waals surface area contributed by atoms with Gasteiger partial charge >= 0.3 is 12.1 Å². The molecule has 188 valence electrons. The number of esters is 1. The second-order valence-corrected chi connectivity index (χ2v) is 10.6. The minimum Gasteiger partial charge on any atom is -0.466 e. The van der Waals surface area contributed by atoms with Crippen molar-refractivity contribution < 1.29 is 23.8 Å². The summed E-state index contributed by atoms with van der Waals surface area (Å²) in [4.78, 5) is 27.5. The van der Waals surface area contributed by atoms with E-state index < -0.39 is 17.7 Å². The van der Waals surface area contributed by atoms with E-state index >= 15 is 0 Å². The monoisotopic (exact) mass is 498 g/mol. The van der Waals surface area contributed by atoms with Crippen molar-refractivity contribution in [2.45, 2.75) is 26.4 Å². The van der Waals surface area contributed by atoms with Crippen molar-refractivity contribution in [2.24, 2.45) is 5.92 Å². The summed E-state index contributed by atoms with van der Waals surface area (Å²) in [6.07, 6.45) is 1.64. The molecule has 0 bridgehead atoms. The van der Waals surface area contributed by atoms with Crippen LogP contribution in [-0.2, 0) is 30.8 Å². The van der Waals surface area contributed by atoms with Crippen LogP contribution in [0.2, 0.25) is 0 Å². The molecule has 2 aromatic rings. The molecule has 0 N–H and O–H groups in total. The molecule has 0 fully saturated rings. The van der Waals surface area contributed by atoms with Gasteiger partial charge in [0.2, 0.25) is 0 Å². The first-order chi connectivity index (χ1) is 16.7. The van der Waals surface area contributed by atoms with E-state index in [4.69, 9.17) is 14.2 Å². The Morgan fingerprint density at radius 1 is 1.03 bits per heavy atom. The van der Waals surface area contributed by atoms with Gasteiger partial charge in [0.25, 0.3) is 0 Å². The number of methoxy groups -OCH3 is 1. The Balaban J connectivity index is 2.05. The highest BCUT2D eigenvalue weighted by Crippen LogP contribution is 2.35. The highest BCUT2D eigenvalue weighted by Gasteiger charge is 2.36. The van der Waals surface area contributed by atoms with Gasteiger partial charge in [-0.3, -0.25) is 0 Å². The Morgan fingerprint density at radius 3 is 2.37 bits per heavy atom. The SMILES string of the molecule is COC(=O)C1=C(c2cccc(-c3ccccc3)c2)C(COCC[SH+]C)CN(C(=O)OC(C)(C)C)C1. The third-order valence-electron chi connectivity index (χ3n) is 5.67. The van der Waals surface area contributed by atoms with E-state index in [1.54, 1.807) is 4.90 Å². The molecule has 6 nitrogen and oxygen atoms in total. The zero-order valence-corrected chi connectivity index (χ0v) is 22.1. The normalized spacial score (nSPS) is 16.3. The number of ether oxygens (including phenoxy) is 3. The number of nitrogens with zero attached hydrogens (tertiary/aromatic N) is 1. The molecule has 0 radical (unpaired) electrons. The number of thiol groups is 1. The van der Waals surface area contributed by atoms with Crippen LogP contribution in [0, 0.1) is 5.92 Å². The van der Waals surface area contributed by atoms with Crippen LogP contribution in [0.5, 0.6) is 0 Å². The predicted molar refractivity (Wildman–Crippen MR) is 142 cm³/mol. The predicted octanol–water partition coefficient (Wildman–Crippen LogP) is 4.61. The molecule has 1 amide bonds. The molecule has 7 heteroatoms. The van der Waals surface area contributed by atoms with Crippen LogP contribution in [0.25, 0.3) is 16.7 Å². The first-order valence-electron chi connectivity index (χ1n) is 11.8. The van der Waals surface area contributed by atoms with E-state index in [9.17, 15) is 9.59 Å². The smallest absolute Gasteiger partial charge is 0.410 e. The molecule has 0 aromatic heterocycles. The highest BCUT2D eigenvalue weighted by molar-refractivity contribution is 7.77. The fourth-order valence-corrected chi connectivity index (χ4v) is 4.44. The summed E-state index contributed by atoms with van der Waals surface area (Å²) < 4.78 is 16.8. The summed E-state index contributed by atoms with van der Waals surface area (Å²) in [5.74, 6) is 0.273. The van der Waals surface area contributed by atoms with Gasteiger partial charge in [-0.15, -0.1) is 0 Å². The van der Waals surface area contributed by atoms with Crippen molar-refractivity contribution >= 4 is 29.4 Å². The maximum absolute atomic E-state index is 13.0. The highest BCUT2D eigenvalue weighted by atomic mass is 32.2. The Bertz CT molecular complexity index is 1040. The van der Waals surface area contributed by atoms with Crippen LogP contribution in [-0.4, -0.2) is 68.0 Å². The van der Waals surface area contributed by atoms with E-state index in [1.165, 1.54) is 18.9 Å². The van der Waals surface area contributed by atoms with Gasteiger partial charge in [0.1, 0.15) is 11.4 Å². The lowest BCUT2D eigenvalue weighted by Gasteiger charge is -2.36. The van der Waals surface area contributed by atoms with Crippen LogP contribution in [0.15, 0.2) is 60.2 Å². The zero-order chi connectivity index (χ0) is 25.4. The number of carbonyl (C=O) groups is 2. The summed E-state index contributed by atoms with van der Waals surface area (Å²) in [7, 11) is 1.37. The lowest BCUT2D eigenvalue weighted by Crippen LogP contribution is -2.46. The summed E-state index contributed by atoms with van der Waals surface area (Å²) in [6.45, 7) is 7.01. The molecule has 0 aliphatic carbocycles. The molecule has 0 saturated heterocycles. The molecular weight excluding hydrogens is 462 g/mol. The molecule has 1 heterocycles. The van der Waals surface area contributed by atoms with Crippen LogP contribution in [0.1, 0.15) is 26.3 Å². The zero-order valence-electron chi connectivity index (χ0n) is 21.2. The molecule has 1 unspecified atom stereocenters. The maximum Gasteiger partial charge on any atom is 0.410 e. The van der Waals surface area contributed by atoms with Gasteiger partial charge in [0.15, 0.2) is 0 Å². The average molecular weight is 499 g/mol. The van der Waals surface area contributed by atoms with Gasteiger partial charge < -0.3 is 19.1 Å². The van der Waals surface area contributed by atoms with Crippen molar-refractivity contribution in [1.82, 2.24) is 4.90 Å². The summed E-state index contributed by atoms with van der Waals surface area (Å²) in [5.41, 5.74) is 3.76. The largest absolute Gasteiger partial charge is 0.466 e. The second-order valence-electron chi connectivity index (χ2n) is 9.50. The minimum absolute atomic E-state index is 0.122. The van der Waals surface area contributed by atoms with Gasteiger partial charge in [-0.05, 0) is 60.9 Å². The first-order valence-corrected chi connectivity index (χ1v) is 13.3. The molecule has 2 aromatic carbocycles. The fourth-order valence-electron chi connectivity index (χ4n) is 4.13. The lowest BCUT2D eigenvalue weighted by molar-refractivity contribution is -0.136. The Morgan fingerprint density at radius 2 is 1.71 bits per heavy atom. The third-order valence-corrected chi connectivity index (χ3v) is 6.30. The summed E-state index contributed by atoms with van der Waals surface area (Å²) >= 11 is 1.26. The van der Waals surface area contributed by atoms with E-state index in [-0.39, 0.29) is 12.5 Å². The van der Waals surface area contributed by atoms with E-state index in [0.29, 0.717) is 25.3 Å². The second kappa shape index (κ2) is 12.3. The average Bonchev–Trinajstić information content (AvgIpc) is 2.85. The van der Waals surface area contributed by atoms with Crippen molar-refractivity contribution in [3.63, 3.8) is 0 Å². The van der Waals surface area contributed by atoms with Gasteiger partial charge in [0.05, 0.1) is 38.7 Å². The molecule has 0 spiro atoms. The number of rotatable bonds is 8. The first kappa shape index (κ1) is 26.8. The van der Waals surface area contributed by atoms with Crippen LogP contribution in [0.4, 0.5) is 4.79 Å². The van der Waals surface area contributed by atoms with E-state index in [1.807, 2.05) is 51.1 Å². The van der Waals surface area contributed by atoms with Crippen LogP contribution < -0.4 is 0 Å². The summed E-state index contributed by atoms with van der Waals surface area (Å²) in [5, 5.41) is 0. The van der Waals surface area contributed by atoms with Crippen LogP contribution >= 0.6 is 0 Å². The van der Waals surface area contributed by atoms with E-state index in [2.05, 4.69) is 30.5 Å². The van der Waals surface area contributed by atoms with E-state index in [0.717, 1.165) is 28.0 Å². The van der Waals surface area contributed by atoms with Gasteiger partial charge in [-0.1, -0.05) is 48.5 Å². The van der Waals surface area contributed by atoms with Gasteiger partial charge in [-0.2, -0.15) is 0 Å². The Labute approximate surface area is 212 Å². The van der Waals surface area contributed by atoms with Crippen molar-refractivity contribution in [3.8, 4) is 11.1 Å². The molecular formula is C28H36NO5S+. The molecule has 1 aliphatic heterocycles. The Hall–Kier alpha value is -2.77. The third kappa shape index (κ3) is 7.36. The number of hydrogen-bond donors (Lipinski definition) is 0. The molecule has 35 heavy (non-hydrogen) atoms. The molecule has 1 aliphatic rings. The molecule has 3 rings (SSSR count). The quantitative estimate of drug-likeness (QED) is 0.230. The lowest BCUT2D eigenvalue weighted by atomic mass is 9.84. The summed E-state index contributed by atoms with van der Waals surface area (Å²) in [6, 6.07) is 18.3. The molecule has 0 saturated carbocycles. The van der Waals surface area contributed by atoms with Crippen molar-refractivity contribution in [3.05, 3.63) is 65.7 Å². The minimum atomic E-state index is -0.636. The van der Waals surface area contributed by atoms with Gasteiger partial charge in [-0.25, -0.2) is 9.59 Å². The van der Waals surface area contributed by atoms with Gasteiger partial charge in [0, 0.05) is 12.5 Å². The maximum atomic E-state index is 13.0. The van der Waals surface area contributed by atoms with Crippen molar-refractivity contribution in [2.75, 3.05) is 45.4 Å². The number of benzene rings is 2.